The van der Waals surface area contributed by atoms with Gasteiger partial charge in [-0.15, -0.1) is 0 Å². The highest BCUT2D eigenvalue weighted by molar-refractivity contribution is 9.10. The molecule has 1 aliphatic rings. The highest BCUT2D eigenvalue weighted by Crippen LogP contribution is 2.31. The van der Waals surface area contributed by atoms with Crippen molar-refractivity contribution in [3.8, 4) is 0 Å². The first-order valence-corrected chi connectivity index (χ1v) is 7.15. The van der Waals surface area contributed by atoms with Gasteiger partial charge in [0.15, 0.2) is 0 Å². The molecule has 2 atom stereocenters. The van der Waals surface area contributed by atoms with Gasteiger partial charge in [0.05, 0.1) is 12.1 Å². The molecule has 1 fully saturated rings. The van der Waals surface area contributed by atoms with Gasteiger partial charge in [0.1, 0.15) is 4.99 Å². The minimum Gasteiger partial charge on any atom is -0.389 e. The average Bonchev–Trinajstić information content (AvgIpc) is 2.73. The molecule has 3 nitrogen and oxygen atoms in total. The summed E-state index contributed by atoms with van der Waals surface area (Å²) in [5.74, 6) is 0. The van der Waals surface area contributed by atoms with Crippen LogP contribution in [0.5, 0.6) is 0 Å². The van der Waals surface area contributed by atoms with Crippen LogP contribution in [0.3, 0.4) is 0 Å². The monoisotopic (exact) mass is 328 g/mol. The Hall–Kier alpha value is -0.650. The molecule has 0 bridgehead atoms. The van der Waals surface area contributed by atoms with E-state index >= 15 is 0 Å². The number of rotatable bonds is 3. The molecule has 2 unspecified atom stereocenters. The average molecular weight is 329 g/mol. The number of nitrogens with two attached hydrogens (primary N) is 1. The van der Waals surface area contributed by atoms with E-state index < -0.39 is 0 Å². The molecular weight excluding hydrogens is 312 g/mol. The summed E-state index contributed by atoms with van der Waals surface area (Å²) in [6, 6.07) is 6.37. The molecule has 0 aliphatic carbocycles. The predicted molar refractivity (Wildman–Crippen MR) is 82.3 cm³/mol. The fraction of sp³-hybridized carbons (Fsp3) is 0.462. The lowest BCUT2D eigenvalue weighted by molar-refractivity contribution is 0.118. The number of benzene rings is 1. The zero-order valence-electron chi connectivity index (χ0n) is 10.5. The fourth-order valence-electron chi connectivity index (χ4n) is 2.46. The molecule has 0 aromatic heterocycles. The van der Waals surface area contributed by atoms with Crippen LogP contribution in [0, 0.1) is 0 Å². The molecule has 18 heavy (non-hydrogen) atoms. The van der Waals surface area contributed by atoms with E-state index in [1.54, 1.807) is 0 Å². The maximum Gasteiger partial charge on any atom is 0.107 e. The molecule has 1 heterocycles. The smallest absolute Gasteiger partial charge is 0.107 e. The summed E-state index contributed by atoms with van der Waals surface area (Å²) in [6.45, 7) is 2.92. The van der Waals surface area contributed by atoms with Gasteiger partial charge >= 0.3 is 0 Å². The SMILES string of the molecule is CC1OCCC1N(C)c1cccc(Br)c1C(N)=S. The number of halogens is 1. The Morgan fingerprint density at radius 3 is 2.83 bits per heavy atom. The van der Waals surface area contributed by atoms with E-state index in [0.717, 1.165) is 28.8 Å². The molecule has 2 rings (SSSR count). The number of hydrogen-bond donors (Lipinski definition) is 1. The first-order chi connectivity index (χ1) is 8.52. The van der Waals surface area contributed by atoms with Gasteiger partial charge in [0.2, 0.25) is 0 Å². The van der Waals surface area contributed by atoms with Crippen LogP contribution in [0.1, 0.15) is 18.9 Å². The van der Waals surface area contributed by atoms with Crippen molar-refractivity contribution in [1.29, 1.82) is 0 Å². The second kappa shape index (κ2) is 5.55. The molecule has 1 aliphatic heterocycles. The minimum absolute atomic E-state index is 0.230. The first kappa shape index (κ1) is 13.8. The molecule has 5 heteroatoms. The molecule has 1 saturated heterocycles. The van der Waals surface area contributed by atoms with Crippen LogP contribution in [0.4, 0.5) is 5.69 Å². The van der Waals surface area contributed by atoms with Gasteiger partial charge in [-0.1, -0.05) is 18.3 Å². The summed E-state index contributed by atoms with van der Waals surface area (Å²) in [6.07, 6.45) is 1.26. The van der Waals surface area contributed by atoms with Crippen LogP contribution in [0.25, 0.3) is 0 Å². The molecule has 2 N–H and O–H groups in total. The van der Waals surface area contributed by atoms with E-state index in [2.05, 4.69) is 34.8 Å². The van der Waals surface area contributed by atoms with Crippen molar-refractivity contribution in [1.82, 2.24) is 0 Å². The van der Waals surface area contributed by atoms with Gasteiger partial charge < -0.3 is 15.4 Å². The molecule has 0 saturated carbocycles. The summed E-state index contributed by atoms with van der Waals surface area (Å²) < 4.78 is 6.56. The third kappa shape index (κ3) is 2.53. The van der Waals surface area contributed by atoms with Crippen LogP contribution >= 0.6 is 28.1 Å². The van der Waals surface area contributed by atoms with Gasteiger partial charge in [-0.2, -0.15) is 0 Å². The lowest BCUT2D eigenvalue weighted by Gasteiger charge is -2.30. The highest BCUT2D eigenvalue weighted by Gasteiger charge is 2.29. The fourth-order valence-corrected chi connectivity index (χ4v) is 3.37. The molecule has 0 radical (unpaired) electrons. The zero-order valence-corrected chi connectivity index (χ0v) is 12.9. The van der Waals surface area contributed by atoms with Crippen molar-refractivity contribution in [2.24, 2.45) is 5.73 Å². The van der Waals surface area contributed by atoms with Crippen molar-refractivity contribution in [3.63, 3.8) is 0 Å². The Kier molecular flexibility index (Phi) is 4.25. The Labute approximate surface area is 121 Å². The van der Waals surface area contributed by atoms with Crippen molar-refractivity contribution in [3.05, 3.63) is 28.2 Å². The Morgan fingerprint density at radius 2 is 2.28 bits per heavy atom. The maximum atomic E-state index is 5.83. The third-order valence-corrected chi connectivity index (χ3v) is 4.32. The summed E-state index contributed by atoms with van der Waals surface area (Å²) in [4.78, 5) is 2.63. The van der Waals surface area contributed by atoms with E-state index in [9.17, 15) is 0 Å². The highest BCUT2D eigenvalue weighted by atomic mass is 79.9. The number of hydrogen-bond acceptors (Lipinski definition) is 3. The Bertz CT molecular complexity index is 466. The summed E-state index contributed by atoms with van der Waals surface area (Å²) in [5.41, 5.74) is 7.78. The van der Waals surface area contributed by atoms with Crippen molar-refractivity contribution in [2.75, 3.05) is 18.6 Å². The standard InChI is InChI=1S/C13H17BrN2OS/c1-8-10(6-7-17-8)16(2)11-5-3-4-9(14)12(11)13(15)18/h3-5,8,10H,6-7H2,1-2H3,(H2,15,18). The second-order valence-electron chi connectivity index (χ2n) is 4.54. The van der Waals surface area contributed by atoms with Crippen LogP contribution in [-0.4, -0.2) is 30.8 Å². The van der Waals surface area contributed by atoms with E-state index in [-0.39, 0.29) is 6.10 Å². The van der Waals surface area contributed by atoms with Gasteiger partial charge in [0, 0.05) is 29.4 Å². The van der Waals surface area contributed by atoms with Gasteiger partial charge in [-0.25, -0.2) is 0 Å². The van der Waals surface area contributed by atoms with E-state index in [1.165, 1.54) is 0 Å². The van der Waals surface area contributed by atoms with E-state index in [0.29, 0.717) is 11.0 Å². The molecule has 98 valence electrons. The molecule has 1 aromatic carbocycles. The van der Waals surface area contributed by atoms with Gasteiger partial charge in [-0.05, 0) is 41.4 Å². The normalized spacial score (nSPS) is 23.1. The van der Waals surface area contributed by atoms with Crippen LogP contribution in [0.2, 0.25) is 0 Å². The first-order valence-electron chi connectivity index (χ1n) is 5.95. The summed E-state index contributed by atoms with van der Waals surface area (Å²) in [5, 5.41) is 0. The van der Waals surface area contributed by atoms with E-state index in [1.807, 2.05) is 18.2 Å². The van der Waals surface area contributed by atoms with E-state index in [4.69, 9.17) is 22.7 Å². The quantitative estimate of drug-likeness (QED) is 0.866. The van der Waals surface area contributed by atoms with Gasteiger partial charge in [-0.3, -0.25) is 0 Å². The van der Waals surface area contributed by atoms with Crippen LogP contribution in [-0.2, 0) is 4.74 Å². The molecule has 1 aromatic rings. The summed E-state index contributed by atoms with van der Waals surface area (Å²) >= 11 is 8.66. The third-order valence-electron chi connectivity index (χ3n) is 3.45. The lowest BCUT2D eigenvalue weighted by atomic mass is 10.1. The minimum atomic E-state index is 0.230. The van der Waals surface area contributed by atoms with Crippen molar-refractivity contribution >= 4 is 38.8 Å². The van der Waals surface area contributed by atoms with Crippen molar-refractivity contribution < 1.29 is 4.74 Å². The number of anilines is 1. The Morgan fingerprint density at radius 1 is 1.56 bits per heavy atom. The Balaban J connectivity index is 2.38. The number of likely N-dealkylation sites (N-methyl/N-ethyl adjacent to an activating group) is 1. The largest absolute Gasteiger partial charge is 0.389 e. The van der Waals surface area contributed by atoms with Crippen LogP contribution in [0.15, 0.2) is 22.7 Å². The molecule has 0 amide bonds. The van der Waals surface area contributed by atoms with Gasteiger partial charge in [0.25, 0.3) is 0 Å². The van der Waals surface area contributed by atoms with Crippen LogP contribution < -0.4 is 10.6 Å². The number of ether oxygens (including phenoxy) is 1. The number of thiocarbonyl (C=S) groups is 1. The lowest BCUT2D eigenvalue weighted by Crippen LogP contribution is -2.38. The molecule has 0 spiro atoms. The second-order valence-corrected chi connectivity index (χ2v) is 5.84. The predicted octanol–water partition coefficient (Wildman–Crippen LogP) is 2.70. The topological polar surface area (TPSA) is 38.5 Å². The maximum absolute atomic E-state index is 5.83. The molecular formula is C13H17BrN2OS. The summed E-state index contributed by atoms with van der Waals surface area (Å²) in [7, 11) is 2.07. The number of nitrogens with zero attached hydrogens (tertiary/aromatic N) is 1. The zero-order chi connectivity index (χ0) is 13.3. The van der Waals surface area contributed by atoms with Crippen molar-refractivity contribution in [2.45, 2.75) is 25.5 Å².